The maximum absolute atomic E-state index is 12.6. The smallest absolute Gasteiger partial charge is 0.414 e. The Balaban J connectivity index is 1.79. The summed E-state index contributed by atoms with van der Waals surface area (Å²) in [5.74, 6) is -1.08. The molecule has 0 bridgehead atoms. The Kier molecular flexibility index (Phi) is 9.19. The van der Waals surface area contributed by atoms with E-state index >= 15 is 0 Å². The number of aromatic hydroxyl groups is 1. The van der Waals surface area contributed by atoms with Gasteiger partial charge in [-0.15, -0.1) is 0 Å². The number of phenols is 1. The van der Waals surface area contributed by atoms with Gasteiger partial charge in [0.05, 0.1) is 11.4 Å². The van der Waals surface area contributed by atoms with E-state index in [4.69, 9.17) is 15.2 Å². The summed E-state index contributed by atoms with van der Waals surface area (Å²) in [6, 6.07) is 21.0. The molecule has 3 rings (SSSR count). The number of hydrogen-bond donors (Lipinski definition) is 4. The van der Waals surface area contributed by atoms with E-state index < -0.39 is 30.1 Å². The lowest BCUT2D eigenvalue weighted by atomic mass is 10.0. The Morgan fingerprint density at radius 3 is 2.31 bits per heavy atom. The van der Waals surface area contributed by atoms with Crippen molar-refractivity contribution in [2.75, 3.05) is 17.7 Å². The van der Waals surface area contributed by atoms with Gasteiger partial charge in [0.15, 0.2) is 6.10 Å². The molecule has 9 nitrogen and oxygen atoms in total. The summed E-state index contributed by atoms with van der Waals surface area (Å²) in [6.45, 7) is 1.99. The van der Waals surface area contributed by atoms with Crippen molar-refractivity contribution in [2.24, 2.45) is 0 Å². The predicted octanol–water partition coefficient (Wildman–Crippen LogP) is 4.18. The fourth-order valence-electron chi connectivity index (χ4n) is 3.29. The van der Waals surface area contributed by atoms with Crippen LogP contribution in [0.25, 0.3) is 0 Å². The van der Waals surface area contributed by atoms with Gasteiger partial charge in [-0.05, 0) is 55.0 Å². The van der Waals surface area contributed by atoms with Crippen LogP contribution in [0.1, 0.15) is 28.9 Å². The number of nitrogens with one attached hydrogen (secondary N) is 2. The van der Waals surface area contributed by atoms with E-state index in [1.807, 2.05) is 0 Å². The van der Waals surface area contributed by atoms with E-state index in [0.29, 0.717) is 16.9 Å². The van der Waals surface area contributed by atoms with Gasteiger partial charge in [-0.3, -0.25) is 14.9 Å². The number of imide groups is 1. The van der Waals surface area contributed by atoms with Gasteiger partial charge >= 0.3 is 6.09 Å². The Morgan fingerprint density at radius 2 is 1.64 bits per heavy atom. The first-order chi connectivity index (χ1) is 17.4. The van der Waals surface area contributed by atoms with E-state index in [1.54, 1.807) is 73.7 Å². The third-order valence-corrected chi connectivity index (χ3v) is 5.02. The molecular formula is C27H27N3O6. The molecule has 3 aromatic rings. The van der Waals surface area contributed by atoms with Gasteiger partial charge in [-0.2, -0.15) is 0 Å². The third-order valence-electron chi connectivity index (χ3n) is 5.02. The average Bonchev–Trinajstić information content (AvgIpc) is 2.88. The van der Waals surface area contributed by atoms with Crippen LogP contribution in [0.3, 0.4) is 0 Å². The molecule has 0 spiro atoms. The van der Waals surface area contributed by atoms with Gasteiger partial charge in [0.25, 0.3) is 5.91 Å². The number of carbonyl (C=O) groups is 3. The summed E-state index contributed by atoms with van der Waals surface area (Å²) in [5.41, 5.74) is 7.49. The Hall–Kier alpha value is -4.63. The highest BCUT2D eigenvalue weighted by Crippen LogP contribution is 2.27. The maximum atomic E-state index is 12.6. The Morgan fingerprint density at radius 1 is 0.972 bits per heavy atom. The van der Waals surface area contributed by atoms with Crippen molar-refractivity contribution in [1.29, 1.82) is 0 Å². The first kappa shape index (κ1) is 26.0. The normalized spacial score (nSPS) is 12.5. The van der Waals surface area contributed by atoms with Crippen molar-refractivity contribution in [3.8, 4) is 5.75 Å². The molecule has 0 aromatic heterocycles. The van der Waals surface area contributed by atoms with Crippen LogP contribution in [-0.2, 0) is 14.3 Å². The summed E-state index contributed by atoms with van der Waals surface area (Å²) < 4.78 is 11.3. The predicted molar refractivity (Wildman–Crippen MR) is 135 cm³/mol. The zero-order valence-electron chi connectivity index (χ0n) is 19.6. The number of hydrogen-bond acceptors (Lipinski definition) is 7. The molecule has 0 aliphatic rings. The van der Waals surface area contributed by atoms with Crippen LogP contribution in [0.15, 0.2) is 91.0 Å². The molecule has 3 aromatic carbocycles. The molecule has 36 heavy (non-hydrogen) atoms. The van der Waals surface area contributed by atoms with Crippen LogP contribution in [0.4, 0.5) is 16.2 Å². The minimum atomic E-state index is -1.04. The summed E-state index contributed by atoms with van der Waals surface area (Å²) in [7, 11) is 0. The monoisotopic (exact) mass is 489 g/mol. The molecule has 0 unspecified atom stereocenters. The molecule has 0 radical (unpaired) electrons. The second-order valence-corrected chi connectivity index (χ2v) is 7.59. The standard InChI is InChI=1S/C27H27N3O6/c1-2-35-23(16-17-24(32)29-22-11-7-6-10-21(22)28)25(18-12-14-20(31)15-13-18)36-27(34)30-26(33)19-8-4-3-5-9-19/h3-17,23,25,31H,2,28H2,1H3,(H,29,32)(H,30,33,34)/b17-16+/t23-,25-/m0/s1. The molecule has 0 aliphatic carbocycles. The lowest BCUT2D eigenvalue weighted by molar-refractivity contribution is -0.112. The number of nitrogens with two attached hydrogens (primary N) is 1. The van der Waals surface area contributed by atoms with Crippen LogP contribution in [0.2, 0.25) is 0 Å². The van der Waals surface area contributed by atoms with E-state index in [2.05, 4.69) is 10.6 Å². The lowest BCUT2D eigenvalue weighted by Gasteiger charge is -2.25. The fourth-order valence-corrected chi connectivity index (χ4v) is 3.29. The van der Waals surface area contributed by atoms with Gasteiger partial charge in [0.2, 0.25) is 5.91 Å². The lowest BCUT2D eigenvalue weighted by Crippen LogP contribution is -2.35. The molecule has 186 valence electrons. The number of rotatable bonds is 9. The fraction of sp³-hybridized carbons (Fsp3) is 0.148. The third kappa shape index (κ3) is 7.44. The number of amides is 3. The number of carbonyl (C=O) groups excluding carboxylic acids is 3. The van der Waals surface area contributed by atoms with Crippen molar-refractivity contribution in [3.05, 3.63) is 102 Å². The van der Waals surface area contributed by atoms with E-state index in [9.17, 15) is 19.5 Å². The molecule has 9 heteroatoms. The SMILES string of the molecule is CCO[C@@H](/C=C/C(=O)Nc1ccccc1N)[C@@H](OC(=O)NC(=O)c1ccccc1)c1ccc(O)cc1. The number of phenolic OH excluding ortho intramolecular Hbond substituents is 1. The van der Waals surface area contributed by atoms with Gasteiger partial charge in [0, 0.05) is 18.2 Å². The summed E-state index contributed by atoms with van der Waals surface area (Å²) in [4.78, 5) is 37.5. The Bertz CT molecular complexity index is 1210. The molecule has 0 saturated carbocycles. The van der Waals surface area contributed by atoms with Crippen LogP contribution >= 0.6 is 0 Å². The van der Waals surface area contributed by atoms with E-state index in [1.165, 1.54) is 24.3 Å². The number of nitrogen functional groups attached to an aromatic ring is 1. The van der Waals surface area contributed by atoms with Crippen molar-refractivity contribution in [2.45, 2.75) is 19.1 Å². The first-order valence-corrected chi connectivity index (χ1v) is 11.2. The quantitative estimate of drug-likeness (QED) is 0.261. The summed E-state index contributed by atoms with van der Waals surface area (Å²) in [5, 5.41) is 14.5. The van der Waals surface area contributed by atoms with E-state index in [-0.39, 0.29) is 17.9 Å². The summed E-state index contributed by atoms with van der Waals surface area (Å²) in [6.07, 6.45) is -0.240. The number of benzene rings is 3. The molecule has 0 heterocycles. The van der Waals surface area contributed by atoms with Gasteiger partial charge in [0.1, 0.15) is 11.9 Å². The van der Waals surface area contributed by atoms with Gasteiger partial charge in [-0.1, -0.05) is 42.5 Å². The zero-order valence-corrected chi connectivity index (χ0v) is 19.6. The molecule has 0 saturated heterocycles. The van der Waals surface area contributed by atoms with Crippen molar-refractivity contribution in [1.82, 2.24) is 5.32 Å². The number of para-hydroxylation sites is 2. The van der Waals surface area contributed by atoms with E-state index in [0.717, 1.165) is 0 Å². The number of ether oxygens (including phenoxy) is 2. The first-order valence-electron chi connectivity index (χ1n) is 11.2. The number of alkyl carbamates (subject to hydrolysis) is 1. The van der Waals surface area contributed by atoms with Crippen molar-refractivity contribution in [3.63, 3.8) is 0 Å². The van der Waals surface area contributed by atoms with Crippen LogP contribution in [0.5, 0.6) is 5.75 Å². The molecule has 2 atom stereocenters. The molecule has 5 N–H and O–H groups in total. The molecule has 3 amide bonds. The van der Waals surface area contributed by atoms with Crippen LogP contribution in [-0.4, -0.2) is 35.7 Å². The Labute approximate surface area is 208 Å². The molecule has 0 fully saturated rings. The second kappa shape index (κ2) is 12.7. The average molecular weight is 490 g/mol. The topological polar surface area (TPSA) is 140 Å². The van der Waals surface area contributed by atoms with Gasteiger partial charge in [-0.25, -0.2) is 4.79 Å². The maximum Gasteiger partial charge on any atom is 0.414 e. The number of anilines is 2. The highest BCUT2D eigenvalue weighted by Gasteiger charge is 2.27. The van der Waals surface area contributed by atoms with Crippen LogP contribution < -0.4 is 16.4 Å². The zero-order chi connectivity index (χ0) is 25.9. The van der Waals surface area contributed by atoms with Gasteiger partial charge < -0.3 is 25.6 Å². The molecule has 0 aliphatic heterocycles. The minimum absolute atomic E-state index is 0.0181. The second-order valence-electron chi connectivity index (χ2n) is 7.59. The van der Waals surface area contributed by atoms with Crippen molar-refractivity contribution >= 4 is 29.3 Å². The summed E-state index contributed by atoms with van der Waals surface area (Å²) >= 11 is 0. The van der Waals surface area contributed by atoms with Crippen molar-refractivity contribution < 1.29 is 29.0 Å². The van der Waals surface area contributed by atoms with Crippen LogP contribution in [0, 0.1) is 0 Å². The minimum Gasteiger partial charge on any atom is -0.508 e. The highest BCUT2D eigenvalue weighted by atomic mass is 16.6. The largest absolute Gasteiger partial charge is 0.508 e. The highest BCUT2D eigenvalue weighted by molar-refractivity contribution is 6.03. The molecular weight excluding hydrogens is 462 g/mol.